The highest BCUT2D eigenvalue weighted by Crippen LogP contribution is 2.28. The summed E-state index contributed by atoms with van der Waals surface area (Å²) in [5.41, 5.74) is 1.99. The van der Waals surface area contributed by atoms with Crippen LogP contribution in [-0.2, 0) is 0 Å². The Labute approximate surface area is 129 Å². The largest absolute Gasteiger partial charge is 0.461 e. The summed E-state index contributed by atoms with van der Waals surface area (Å²) in [4.78, 5) is 0. The normalized spacial score (nSPS) is 13.9. The second kappa shape index (κ2) is 5.05. The lowest BCUT2D eigenvalue weighted by Gasteiger charge is -2.13. The monoisotopic (exact) mass is 316 g/mol. The van der Waals surface area contributed by atoms with Crippen LogP contribution < -0.4 is 0 Å². The molecule has 21 heavy (non-hydrogen) atoms. The van der Waals surface area contributed by atoms with Gasteiger partial charge in [-0.15, -0.1) is 10.2 Å². The summed E-state index contributed by atoms with van der Waals surface area (Å²) in [6.45, 7) is 0. The molecule has 1 aliphatic rings. The molecule has 0 saturated carbocycles. The Morgan fingerprint density at radius 3 is 2.76 bits per heavy atom. The predicted octanol–water partition coefficient (Wildman–Crippen LogP) is 3.55. The first-order chi connectivity index (χ1) is 10.3. The quantitative estimate of drug-likeness (QED) is 0.725. The van der Waals surface area contributed by atoms with Crippen LogP contribution >= 0.6 is 23.4 Å². The van der Waals surface area contributed by atoms with Crippen LogP contribution in [0.25, 0.3) is 11.6 Å². The predicted molar refractivity (Wildman–Crippen MR) is 81.8 cm³/mol. The van der Waals surface area contributed by atoms with Crippen molar-refractivity contribution < 1.29 is 4.42 Å². The van der Waals surface area contributed by atoms with Crippen LogP contribution in [0.2, 0.25) is 5.02 Å². The molecule has 1 aliphatic heterocycles. The zero-order valence-electron chi connectivity index (χ0n) is 10.7. The lowest BCUT2D eigenvalue weighted by atomic mass is 10.1. The van der Waals surface area contributed by atoms with Crippen LogP contribution in [0.1, 0.15) is 5.56 Å². The van der Waals surface area contributed by atoms with Crippen molar-refractivity contribution in [1.82, 2.24) is 14.9 Å². The minimum absolute atomic E-state index is 0.605. The van der Waals surface area contributed by atoms with Gasteiger partial charge in [-0.25, -0.2) is 0 Å². The van der Waals surface area contributed by atoms with E-state index in [9.17, 15) is 0 Å². The standard InChI is InChI=1S/C14H9ClN4OS/c15-10-5-3-9(4-6-10)11-8-21-14-17-16-13(19(14)18-11)12-2-1-7-20-12/h1-7H,8H2. The fourth-order valence-electron chi connectivity index (χ4n) is 2.07. The highest BCUT2D eigenvalue weighted by Gasteiger charge is 2.21. The van der Waals surface area contributed by atoms with Crippen LogP contribution in [-0.4, -0.2) is 26.3 Å². The van der Waals surface area contributed by atoms with Crippen molar-refractivity contribution in [3.8, 4) is 11.6 Å². The van der Waals surface area contributed by atoms with Gasteiger partial charge in [-0.2, -0.15) is 9.78 Å². The molecular weight excluding hydrogens is 308 g/mol. The Kier molecular flexibility index (Phi) is 3.05. The molecule has 4 rings (SSSR count). The highest BCUT2D eigenvalue weighted by molar-refractivity contribution is 7.99. The maximum atomic E-state index is 5.92. The molecule has 0 unspecified atom stereocenters. The topological polar surface area (TPSA) is 56.2 Å². The van der Waals surface area contributed by atoms with Crippen molar-refractivity contribution in [3.63, 3.8) is 0 Å². The molecule has 0 amide bonds. The minimum atomic E-state index is 0.605. The van der Waals surface area contributed by atoms with Gasteiger partial charge in [-0.1, -0.05) is 35.5 Å². The van der Waals surface area contributed by atoms with Crippen molar-refractivity contribution in [2.75, 3.05) is 5.75 Å². The van der Waals surface area contributed by atoms with Crippen LogP contribution in [0.5, 0.6) is 0 Å². The van der Waals surface area contributed by atoms with Crippen molar-refractivity contribution in [3.05, 3.63) is 53.2 Å². The fraction of sp³-hybridized carbons (Fsp3) is 0.0714. The number of aromatic nitrogens is 3. The van der Waals surface area contributed by atoms with Gasteiger partial charge in [0.1, 0.15) is 0 Å². The zero-order chi connectivity index (χ0) is 14.2. The van der Waals surface area contributed by atoms with Gasteiger partial charge in [-0.05, 0) is 29.8 Å². The Morgan fingerprint density at radius 2 is 2.00 bits per heavy atom. The average Bonchev–Trinajstić information content (AvgIpc) is 3.16. The molecule has 0 saturated heterocycles. The number of benzene rings is 1. The second-order valence-electron chi connectivity index (χ2n) is 4.44. The number of nitrogens with zero attached hydrogens (tertiary/aromatic N) is 4. The van der Waals surface area contributed by atoms with Gasteiger partial charge in [0.2, 0.25) is 11.0 Å². The molecule has 0 N–H and O–H groups in total. The van der Waals surface area contributed by atoms with Crippen LogP contribution in [0.3, 0.4) is 0 Å². The van der Waals surface area contributed by atoms with E-state index in [2.05, 4.69) is 15.3 Å². The lowest BCUT2D eigenvalue weighted by Crippen LogP contribution is -2.13. The number of thioether (sulfide) groups is 1. The van der Waals surface area contributed by atoms with Gasteiger partial charge in [0.15, 0.2) is 5.76 Å². The Balaban J connectivity index is 1.79. The minimum Gasteiger partial charge on any atom is -0.461 e. The maximum Gasteiger partial charge on any atom is 0.221 e. The summed E-state index contributed by atoms with van der Waals surface area (Å²) < 4.78 is 7.10. The van der Waals surface area contributed by atoms with Gasteiger partial charge in [0.25, 0.3) is 0 Å². The molecule has 7 heteroatoms. The van der Waals surface area contributed by atoms with Gasteiger partial charge in [0, 0.05) is 10.8 Å². The first-order valence-corrected chi connectivity index (χ1v) is 7.63. The first-order valence-electron chi connectivity index (χ1n) is 6.27. The number of fused-ring (bicyclic) bond motifs is 1. The van der Waals surface area contributed by atoms with E-state index in [1.165, 1.54) is 0 Å². The van der Waals surface area contributed by atoms with Gasteiger partial charge in [0.05, 0.1) is 12.0 Å². The van der Waals surface area contributed by atoms with E-state index >= 15 is 0 Å². The number of halogens is 1. The van der Waals surface area contributed by atoms with Crippen LogP contribution in [0.15, 0.2) is 57.3 Å². The third kappa shape index (κ3) is 2.26. The summed E-state index contributed by atoms with van der Waals surface area (Å²) in [5.74, 6) is 2.00. The smallest absolute Gasteiger partial charge is 0.221 e. The molecule has 0 spiro atoms. The number of rotatable bonds is 2. The molecule has 0 aliphatic carbocycles. The Hall–Kier alpha value is -2.05. The molecule has 0 atom stereocenters. The molecule has 5 nitrogen and oxygen atoms in total. The Bertz CT molecular complexity index is 808. The molecule has 2 aromatic heterocycles. The number of hydrogen-bond acceptors (Lipinski definition) is 5. The van der Waals surface area contributed by atoms with E-state index in [1.807, 2.05) is 36.4 Å². The molecule has 0 bridgehead atoms. The summed E-state index contributed by atoms with van der Waals surface area (Å²) in [6, 6.07) is 11.3. The Morgan fingerprint density at radius 1 is 1.14 bits per heavy atom. The molecular formula is C14H9ClN4OS. The number of hydrogen-bond donors (Lipinski definition) is 0. The average molecular weight is 317 g/mol. The van der Waals surface area contributed by atoms with E-state index < -0.39 is 0 Å². The number of furan rings is 1. The van der Waals surface area contributed by atoms with E-state index in [4.69, 9.17) is 16.0 Å². The van der Waals surface area contributed by atoms with Crippen molar-refractivity contribution in [2.45, 2.75) is 5.16 Å². The van der Waals surface area contributed by atoms with Crippen molar-refractivity contribution in [2.24, 2.45) is 5.10 Å². The van der Waals surface area contributed by atoms with E-state index in [0.717, 1.165) is 22.2 Å². The lowest BCUT2D eigenvalue weighted by molar-refractivity contribution is 0.571. The molecule has 104 valence electrons. The van der Waals surface area contributed by atoms with Crippen LogP contribution in [0, 0.1) is 0 Å². The first kappa shape index (κ1) is 12.7. The molecule has 0 radical (unpaired) electrons. The second-order valence-corrected chi connectivity index (χ2v) is 5.82. The maximum absolute atomic E-state index is 5.92. The van der Waals surface area contributed by atoms with Gasteiger partial charge >= 0.3 is 0 Å². The van der Waals surface area contributed by atoms with Crippen LogP contribution in [0.4, 0.5) is 0 Å². The third-order valence-corrected chi connectivity index (χ3v) is 4.27. The third-order valence-electron chi connectivity index (χ3n) is 3.09. The van der Waals surface area contributed by atoms with E-state index in [0.29, 0.717) is 16.6 Å². The SMILES string of the molecule is Clc1ccc(C2=Nn3c(nnc3-c3ccco3)SC2)cc1. The van der Waals surface area contributed by atoms with E-state index in [1.54, 1.807) is 22.7 Å². The molecule has 3 aromatic rings. The summed E-state index contributed by atoms with van der Waals surface area (Å²) in [6.07, 6.45) is 1.61. The van der Waals surface area contributed by atoms with Gasteiger partial charge in [-0.3, -0.25) is 0 Å². The summed E-state index contributed by atoms with van der Waals surface area (Å²) in [7, 11) is 0. The van der Waals surface area contributed by atoms with Crippen molar-refractivity contribution >= 4 is 29.1 Å². The molecule has 3 heterocycles. The fourth-order valence-corrected chi connectivity index (χ4v) is 3.04. The van der Waals surface area contributed by atoms with Crippen molar-refractivity contribution in [1.29, 1.82) is 0 Å². The summed E-state index contributed by atoms with van der Waals surface area (Å²) >= 11 is 7.52. The summed E-state index contributed by atoms with van der Waals surface area (Å²) in [5, 5.41) is 14.4. The molecule has 0 fully saturated rings. The molecule has 1 aromatic carbocycles. The zero-order valence-corrected chi connectivity index (χ0v) is 12.3. The highest BCUT2D eigenvalue weighted by atomic mass is 35.5. The van der Waals surface area contributed by atoms with Gasteiger partial charge < -0.3 is 4.42 Å². The van der Waals surface area contributed by atoms with E-state index in [-0.39, 0.29) is 0 Å².